The number of amides is 1. The fraction of sp³-hybridized carbons (Fsp3) is 0.385. The van der Waals surface area contributed by atoms with Gasteiger partial charge in [0.2, 0.25) is 5.91 Å². The van der Waals surface area contributed by atoms with Crippen LogP contribution in [0.15, 0.2) is 24.3 Å². The Bertz CT molecular complexity index is 362. The topological polar surface area (TPSA) is 81.4 Å². The SMILES string of the molecule is CCC(=O)COc1ccc(CCC(=O)NN)cc1. The number of ether oxygens (including phenoxy) is 1. The van der Waals surface area contributed by atoms with E-state index in [4.69, 9.17) is 10.6 Å². The molecule has 1 aromatic rings. The van der Waals surface area contributed by atoms with Gasteiger partial charge in [0.1, 0.15) is 12.4 Å². The number of nitrogens with one attached hydrogen (secondary N) is 1. The summed E-state index contributed by atoms with van der Waals surface area (Å²) < 4.78 is 5.31. The number of Topliss-reactive ketones (excluding diaryl/α,β-unsaturated/α-hetero) is 1. The Balaban J connectivity index is 2.42. The number of nitrogens with two attached hydrogens (primary N) is 1. The first kappa shape index (κ1) is 14.2. The molecule has 0 fully saturated rings. The molecule has 0 bridgehead atoms. The molecule has 0 aliphatic rings. The lowest BCUT2D eigenvalue weighted by atomic mass is 10.1. The summed E-state index contributed by atoms with van der Waals surface area (Å²) in [5, 5.41) is 0. The van der Waals surface area contributed by atoms with Gasteiger partial charge in [0.05, 0.1) is 0 Å². The third kappa shape index (κ3) is 4.97. The van der Waals surface area contributed by atoms with Crippen LogP contribution in [0.25, 0.3) is 0 Å². The molecule has 0 aromatic heterocycles. The van der Waals surface area contributed by atoms with Crippen LogP contribution in [-0.2, 0) is 16.0 Å². The largest absolute Gasteiger partial charge is 0.486 e. The molecular formula is C13H18N2O3. The van der Waals surface area contributed by atoms with Gasteiger partial charge in [-0.3, -0.25) is 15.0 Å². The number of carbonyl (C=O) groups is 2. The van der Waals surface area contributed by atoms with Crippen LogP contribution in [0.3, 0.4) is 0 Å². The number of ketones is 1. The molecule has 0 unspecified atom stereocenters. The van der Waals surface area contributed by atoms with Gasteiger partial charge in [-0.25, -0.2) is 5.84 Å². The maximum absolute atomic E-state index is 11.1. The number of benzene rings is 1. The van der Waals surface area contributed by atoms with E-state index in [1.54, 1.807) is 19.1 Å². The van der Waals surface area contributed by atoms with Gasteiger partial charge in [0, 0.05) is 12.8 Å². The standard InChI is InChI=1S/C13H18N2O3/c1-2-11(16)9-18-12-6-3-10(4-7-12)5-8-13(17)15-14/h3-4,6-7H,2,5,8-9,14H2,1H3,(H,15,17). The van der Waals surface area contributed by atoms with Crippen LogP contribution in [0, 0.1) is 0 Å². The van der Waals surface area contributed by atoms with E-state index >= 15 is 0 Å². The van der Waals surface area contributed by atoms with Crippen molar-refractivity contribution in [2.45, 2.75) is 26.2 Å². The first-order valence-electron chi connectivity index (χ1n) is 5.88. The van der Waals surface area contributed by atoms with Crippen molar-refractivity contribution < 1.29 is 14.3 Å². The first-order chi connectivity index (χ1) is 8.65. The molecule has 18 heavy (non-hydrogen) atoms. The highest BCUT2D eigenvalue weighted by molar-refractivity contribution is 5.79. The van der Waals surface area contributed by atoms with Crippen molar-refractivity contribution in [3.8, 4) is 5.75 Å². The predicted octanol–water partition coefficient (Wildman–Crippen LogP) is 0.967. The van der Waals surface area contributed by atoms with E-state index in [9.17, 15) is 9.59 Å². The molecule has 0 atom stereocenters. The number of hydrazine groups is 1. The number of hydrogen-bond donors (Lipinski definition) is 2. The van der Waals surface area contributed by atoms with Crippen LogP contribution >= 0.6 is 0 Å². The molecule has 5 heteroatoms. The summed E-state index contributed by atoms with van der Waals surface area (Å²) in [5.41, 5.74) is 3.11. The monoisotopic (exact) mass is 250 g/mol. The predicted molar refractivity (Wildman–Crippen MR) is 67.9 cm³/mol. The van der Waals surface area contributed by atoms with Gasteiger partial charge < -0.3 is 4.74 Å². The number of carbonyl (C=O) groups excluding carboxylic acids is 2. The van der Waals surface area contributed by atoms with E-state index in [1.807, 2.05) is 12.1 Å². The second-order valence-corrected chi connectivity index (χ2v) is 3.89. The van der Waals surface area contributed by atoms with Crippen molar-refractivity contribution in [2.24, 2.45) is 5.84 Å². The van der Waals surface area contributed by atoms with Crippen LogP contribution in [0.5, 0.6) is 5.75 Å². The average Bonchev–Trinajstić information content (AvgIpc) is 2.43. The summed E-state index contributed by atoms with van der Waals surface area (Å²) in [6.07, 6.45) is 1.45. The highest BCUT2D eigenvalue weighted by Crippen LogP contribution is 2.13. The quantitative estimate of drug-likeness (QED) is 0.429. The van der Waals surface area contributed by atoms with E-state index in [0.29, 0.717) is 25.0 Å². The fourth-order valence-corrected chi connectivity index (χ4v) is 1.35. The third-order valence-electron chi connectivity index (χ3n) is 2.52. The molecule has 0 spiro atoms. The van der Waals surface area contributed by atoms with Crippen LogP contribution in [0.2, 0.25) is 0 Å². The van der Waals surface area contributed by atoms with Gasteiger partial charge in [-0.2, -0.15) is 0 Å². The lowest BCUT2D eigenvalue weighted by molar-refractivity contribution is -0.121. The average molecular weight is 250 g/mol. The third-order valence-corrected chi connectivity index (χ3v) is 2.52. The lowest BCUT2D eigenvalue weighted by Crippen LogP contribution is -2.30. The molecular weight excluding hydrogens is 232 g/mol. The molecule has 0 aliphatic heterocycles. The van der Waals surface area contributed by atoms with E-state index in [-0.39, 0.29) is 18.3 Å². The van der Waals surface area contributed by atoms with Crippen LogP contribution in [0.1, 0.15) is 25.3 Å². The van der Waals surface area contributed by atoms with E-state index < -0.39 is 0 Å². The smallest absolute Gasteiger partial charge is 0.234 e. The second kappa shape index (κ2) is 7.45. The fourth-order valence-electron chi connectivity index (χ4n) is 1.35. The summed E-state index contributed by atoms with van der Waals surface area (Å²) in [7, 11) is 0. The van der Waals surface area contributed by atoms with Crippen LogP contribution in [-0.4, -0.2) is 18.3 Å². The molecule has 0 aliphatic carbocycles. The maximum Gasteiger partial charge on any atom is 0.234 e. The Kier molecular flexibility index (Phi) is 5.87. The normalized spacial score (nSPS) is 9.89. The first-order valence-corrected chi connectivity index (χ1v) is 5.88. The Morgan fingerprint density at radius 1 is 1.28 bits per heavy atom. The minimum atomic E-state index is -0.191. The summed E-state index contributed by atoms with van der Waals surface area (Å²) >= 11 is 0. The lowest BCUT2D eigenvalue weighted by Gasteiger charge is -2.06. The van der Waals surface area contributed by atoms with Crippen molar-refractivity contribution in [1.82, 2.24) is 5.43 Å². The Hall–Kier alpha value is -1.88. The molecule has 3 N–H and O–H groups in total. The second-order valence-electron chi connectivity index (χ2n) is 3.89. The van der Waals surface area contributed by atoms with Gasteiger partial charge >= 0.3 is 0 Å². The van der Waals surface area contributed by atoms with E-state index in [1.165, 1.54) is 0 Å². The number of rotatable bonds is 7. The molecule has 98 valence electrons. The van der Waals surface area contributed by atoms with Gasteiger partial charge in [0.25, 0.3) is 0 Å². The number of aryl methyl sites for hydroxylation is 1. The van der Waals surface area contributed by atoms with E-state index in [0.717, 1.165) is 5.56 Å². The van der Waals surface area contributed by atoms with Crippen molar-refractivity contribution in [1.29, 1.82) is 0 Å². The molecule has 1 aromatic carbocycles. The maximum atomic E-state index is 11.1. The van der Waals surface area contributed by atoms with Crippen molar-refractivity contribution in [2.75, 3.05) is 6.61 Å². The highest BCUT2D eigenvalue weighted by atomic mass is 16.5. The summed E-state index contributed by atoms with van der Waals surface area (Å²) in [6.45, 7) is 1.91. The molecule has 0 saturated carbocycles. The van der Waals surface area contributed by atoms with Gasteiger partial charge in [-0.1, -0.05) is 19.1 Å². The van der Waals surface area contributed by atoms with Crippen molar-refractivity contribution in [3.05, 3.63) is 29.8 Å². The Labute approximate surface area is 106 Å². The van der Waals surface area contributed by atoms with Crippen molar-refractivity contribution in [3.63, 3.8) is 0 Å². The minimum Gasteiger partial charge on any atom is -0.486 e. The highest BCUT2D eigenvalue weighted by Gasteiger charge is 2.02. The summed E-state index contributed by atoms with van der Waals surface area (Å²) in [6, 6.07) is 7.32. The molecule has 1 amide bonds. The number of hydrogen-bond acceptors (Lipinski definition) is 4. The van der Waals surface area contributed by atoms with E-state index in [2.05, 4.69) is 5.43 Å². The molecule has 0 heterocycles. The Morgan fingerprint density at radius 3 is 2.50 bits per heavy atom. The zero-order chi connectivity index (χ0) is 13.4. The van der Waals surface area contributed by atoms with Gasteiger partial charge in [0.15, 0.2) is 5.78 Å². The molecule has 1 rings (SSSR count). The van der Waals surface area contributed by atoms with Crippen LogP contribution < -0.4 is 16.0 Å². The summed E-state index contributed by atoms with van der Waals surface area (Å²) in [5.74, 6) is 5.52. The van der Waals surface area contributed by atoms with Crippen molar-refractivity contribution >= 4 is 11.7 Å². The Morgan fingerprint density at radius 2 is 1.94 bits per heavy atom. The van der Waals surface area contributed by atoms with Crippen LogP contribution in [0.4, 0.5) is 0 Å². The van der Waals surface area contributed by atoms with Gasteiger partial charge in [-0.05, 0) is 24.1 Å². The molecule has 0 radical (unpaired) electrons. The zero-order valence-electron chi connectivity index (χ0n) is 10.4. The summed E-state index contributed by atoms with van der Waals surface area (Å²) in [4.78, 5) is 22.0. The molecule has 0 saturated heterocycles. The zero-order valence-corrected chi connectivity index (χ0v) is 10.4. The van der Waals surface area contributed by atoms with Gasteiger partial charge in [-0.15, -0.1) is 0 Å². The molecule has 5 nitrogen and oxygen atoms in total. The minimum absolute atomic E-state index is 0.0682.